The molecule has 2 aromatic rings. The van der Waals surface area contributed by atoms with Gasteiger partial charge >= 0.3 is 23.9 Å². The van der Waals surface area contributed by atoms with Crippen molar-refractivity contribution in [1.29, 1.82) is 0 Å². The van der Waals surface area contributed by atoms with Gasteiger partial charge in [0.05, 0.1) is 59.0 Å². The summed E-state index contributed by atoms with van der Waals surface area (Å²) in [5, 5.41) is 0. The van der Waals surface area contributed by atoms with Crippen LogP contribution in [-0.4, -0.2) is 81.6 Å². The number of nitrogens with zero attached hydrogens (tertiary/aromatic N) is 1. The molecule has 49 heavy (non-hydrogen) atoms. The normalized spacial score (nSPS) is 17.3. The molecule has 3 aliphatic heterocycles. The van der Waals surface area contributed by atoms with Crippen LogP contribution in [0.2, 0.25) is 0 Å². The number of carbonyl (C=O) groups excluding carboxylic acids is 5. The van der Waals surface area contributed by atoms with Gasteiger partial charge in [-0.15, -0.1) is 0 Å². The average molecular weight is 728 g/mol. The summed E-state index contributed by atoms with van der Waals surface area (Å²) in [5.41, 5.74) is 0.155. The summed E-state index contributed by atoms with van der Waals surface area (Å²) in [6.45, 7) is 5.66. The van der Waals surface area contributed by atoms with Gasteiger partial charge in [0.2, 0.25) is 0 Å². The summed E-state index contributed by atoms with van der Waals surface area (Å²) in [6, 6.07) is 11.9. The van der Waals surface area contributed by atoms with Crippen LogP contribution in [0.4, 0.5) is 5.69 Å². The first-order valence-electron chi connectivity index (χ1n) is 14.7. The lowest BCUT2D eigenvalue weighted by Gasteiger charge is -2.51. The first-order valence-corrected chi connectivity index (χ1v) is 17.2. The maximum Gasteiger partial charge on any atom is 0.345 e. The highest BCUT2D eigenvalue weighted by atomic mass is 32.2. The quantitative estimate of drug-likeness (QED) is 0.255. The third-order valence-electron chi connectivity index (χ3n) is 7.94. The molecule has 0 bridgehead atoms. The van der Waals surface area contributed by atoms with E-state index >= 15 is 0 Å². The Bertz CT molecular complexity index is 1850. The number of methoxy groups -OCH3 is 5. The molecule has 3 aliphatic rings. The van der Waals surface area contributed by atoms with E-state index in [2.05, 4.69) is 0 Å². The summed E-state index contributed by atoms with van der Waals surface area (Å²) in [6.07, 6.45) is 0. The smallest absolute Gasteiger partial charge is 0.345 e. The second kappa shape index (κ2) is 13.9. The standard InChI is InChI=1S/C34H33NO11S3/c1-9-46-20-15-11-14-19-21-27(33(2,3)35(23(19)20)28(36)17-12-10-13-18(16-17)41-4)47-24(30(38)43-6)22(29(37)42-5)34(21)48-25(31(39)44-7)26(49-34)32(40)45-8/h10-16H,9H2,1-8H3. The van der Waals surface area contributed by atoms with Crippen molar-refractivity contribution in [3.8, 4) is 11.5 Å². The van der Waals surface area contributed by atoms with Crippen LogP contribution in [0, 0.1) is 0 Å². The number of hydrogen-bond acceptors (Lipinski definition) is 14. The Hall–Kier alpha value is -4.34. The van der Waals surface area contributed by atoms with Gasteiger partial charge in [0.1, 0.15) is 30.3 Å². The molecular formula is C34H33NO11S3. The molecule has 1 amide bonds. The molecule has 0 fully saturated rings. The van der Waals surface area contributed by atoms with Crippen molar-refractivity contribution in [3.63, 3.8) is 0 Å². The van der Waals surface area contributed by atoms with Crippen LogP contribution in [0.25, 0.3) is 5.57 Å². The SMILES string of the molecule is CCOc1cccc2c1N(C(=O)c1cccc(OC)c1)C(C)(C)C1=C2C2(SC(C(=O)OC)=C(C(=O)OC)S2)C(C(=O)OC)=C(C(=O)OC)S1. The third kappa shape index (κ3) is 5.76. The fourth-order valence-corrected chi connectivity index (χ4v) is 10.9. The molecule has 0 N–H and O–H groups in total. The van der Waals surface area contributed by atoms with Crippen molar-refractivity contribution >= 4 is 76.3 Å². The molecule has 3 heterocycles. The summed E-state index contributed by atoms with van der Waals surface area (Å²) in [7, 11) is 6.15. The highest BCUT2D eigenvalue weighted by Crippen LogP contribution is 2.71. The van der Waals surface area contributed by atoms with Gasteiger partial charge in [-0.05, 0) is 45.0 Å². The van der Waals surface area contributed by atoms with E-state index in [4.69, 9.17) is 28.4 Å². The number of ether oxygens (including phenoxy) is 6. The number of carbonyl (C=O) groups is 5. The number of benzene rings is 2. The van der Waals surface area contributed by atoms with Gasteiger partial charge in [-0.2, -0.15) is 0 Å². The Morgan fingerprint density at radius 2 is 1.33 bits per heavy atom. The average Bonchev–Trinajstić information content (AvgIpc) is 3.50. The number of thioether (sulfide) groups is 3. The maximum absolute atomic E-state index is 14.7. The lowest BCUT2D eigenvalue weighted by atomic mass is 9.82. The first-order chi connectivity index (χ1) is 23.4. The predicted molar refractivity (Wildman–Crippen MR) is 186 cm³/mol. The Morgan fingerprint density at radius 3 is 1.88 bits per heavy atom. The van der Waals surface area contributed by atoms with E-state index in [-0.39, 0.29) is 26.9 Å². The molecule has 0 atom stereocenters. The van der Waals surface area contributed by atoms with E-state index in [1.165, 1.54) is 14.2 Å². The fraction of sp³-hybridized carbons (Fsp3) is 0.324. The van der Waals surface area contributed by atoms with E-state index in [1.54, 1.807) is 61.2 Å². The van der Waals surface area contributed by atoms with Crippen molar-refractivity contribution in [3.05, 3.63) is 78.8 Å². The Balaban J connectivity index is 1.92. The van der Waals surface area contributed by atoms with Crippen LogP contribution in [0.1, 0.15) is 36.7 Å². The predicted octanol–water partition coefficient (Wildman–Crippen LogP) is 5.32. The molecular weight excluding hydrogens is 695 g/mol. The van der Waals surface area contributed by atoms with Crippen molar-refractivity contribution in [2.75, 3.05) is 47.1 Å². The maximum atomic E-state index is 14.7. The van der Waals surface area contributed by atoms with Crippen LogP contribution < -0.4 is 14.4 Å². The van der Waals surface area contributed by atoms with Gasteiger partial charge in [0, 0.05) is 21.6 Å². The number of para-hydroxylation sites is 1. The van der Waals surface area contributed by atoms with Crippen molar-refractivity contribution in [2.24, 2.45) is 0 Å². The molecule has 15 heteroatoms. The van der Waals surface area contributed by atoms with E-state index in [9.17, 15) is 24.0 Å². The zero-order valence-corrected chi connectivity index (χ0v) is 30.4. The van der Waals surface area contributed by atoms with Gasteiger partial charge in [-0.3, -0.25) is 9.69 Å². The lowest BCUT2D eigenvalue weighted by Crippen LogP contribution is -2.54. The fourth-order valence-electron chi connectivity index (χ4n) is 5.83. The monoisotopic (exact) mass is 727 g/mol. The van der Waals surface area contributed by atoms with Gasteiger partial charge in [0.25, 0.3) is 5.91 Å². The highest BCUT2D eigenvalue weighted by molar-refractivity contribution is 8.26. The number of fused-ring (bicyclic) bond motifs is 3. The van der Waals surface area contributed by atoms with Crippen LogP contribution in [-0.2, 0) is 38.1 Å². The van der Waals surface area contributed by atoms with Gasteiger partial charge in [0.15, 0.2) is 0 Å². The molecule has 0 unspecified atom stereocenters. The molecule has 2 aromatic carbocycles. The molecule has 0 radical (unpaired) electrons. The minimum atomic E-state index is -1.72. The second-order valence-corrected chi connectivity index (χ2v) is 14.7. The lowest BCUT2D eigenvalue weighted by molar-refractivity contribution is -0.138. The Morgan fingerprint density at radius 1 is 0.755 bits per heavy atom. The Labute approximate surface area is 295 Å². The summed E-state index contributed by atoms with van der Waals surface area (Å²) in [5.74, 6) is -3.04. The minimum Gasteiger partial charge on any atom is -0.497 e. The van der Waals surface area contributed by atoms with Gasteiger partial charge in [-0.25, -0.2) is 19.2 Å². The van der Waals surface area contributed by atoms with E-state index < -0.39 is 39.4 Å². The minimum absolute atomic E-state index is 0.140. The molecule has 0 saturated carbocycles. The third-order valence-corrected chi connectivity index (χ3v) is 12.6. The number of rotatable bonds is 8. The molecule has 0 saturated heterocycles. The van der Waals surface area contributed by atoms with Crippen LogP contribution in [0.5, 0.6) is 11.5 Å². The Kier molecular flexibility index (Phi) is 10.2. The molecule has 0 aliphatic carbocycles. The number of esters is 4. The van der Waals surface area contributed by atoms with Crippen molar-refractivity contribution in [1.82, 2.24) is 0 Å². The molecule has 12 nitrogen and oxygen atoms in total. The molecule has 258 valence electrons. The van der Waals surface area contributed by atoms with Crippen LogP contribution >= 0.6 is 35.3 Å². The number of anilines is 1. The number of amides is 1. The van der Waals surface area contributed by atoms with Crippen molar-refractivity contribution < 1.29 is 52.4 Å². The second-order valence-electron chi connectivity index (χ2n) is 11.0. The van der Waals surface area contributed by atoms with Crippen LogP contribution in [0.15, 0.2) is 67.7 Å². The van der Waals surface area contributed by atoms with Gasteiger partial charge < -0.3 is 28.4 Å². The van der Waals surface area contributed by atoms with Crippen LogP contribution in [0.3, 0.4) is 0 Å². The molecule has 0 aromatic heterocycles. The zero-order chi connectivity index (χ0) is 35.8. The molecule has 1 spiro atoms. The summed E-state index contributed by atoms with van der Waals surface area (Å²) in [4.78, 5) is 70.3. The van der Waals surface area contributed by atoms with E-state index in [0.29, 0.717) is 38.8 Å². The van der Waals surface area contributed by atoms with E-state index in [1.807, 2.05) is 6.92 Å². The number of hydrogen-bond donors (Lipinski definition) is 0. The van der Waals surface area contributed by atoms with Gasteiger partial charge in [-0.1, -0.05) is 53.5 Å². The largest absolute Gasteiger partial charge is 0.497 e. The summed E-state index contributed by atoms with van der Waals surface area (Å²) >= 11 is 2.65. The zero-order valence-electron chi connectivity index (χ0n) is 27.9. The molecule has 5 rings (SSSR count). The van der Waals surface area contributed by atoms with Crippen molar-refractivity contribution in [2.45, 2.75) is 30.4 Å². The highest BCUT2D eigenvalue weighted by Gasteiger charge is 2.62. The topological polar surface area (TPSA) is 144 Å². The van der Waals surface area contributed by atoms with E-state index in [0.717, 1.165) is 56.6 Å². The summed E-state index contributed by atoms with van der Waals surface area (Å²) < 4.78 is 30.3. The first kappa shape index (κ1) is 36.0.